The highest BCUT2D eigenvalue weighted by Gasteiger charge is 2.33. The lowest BCUT2D eigenvalue weighted by atomic mass is 10.1. The molecule has 0 spiro atoms. The minimum atomic E-state index is -4.15. The Bertz CT molecular complexity index is 1370. The number of amides is 2. The van der Waals surface area contributed by atoms with Crippen LogP contribution in [0.15, 0.2) is 83.8 Å². The monoisotopic (exact) mass is 589 g/mol. The number of sulfonamides is 1. The molecule has 0 heterocycles. The van der Waals surface area contributed by atoms with Crippen molar-refractivity contribution in [2.24, 2.45) is 5.92 Å². The number of carbonyl (C=O) groups is 2. The van der Waals surface area contributed by atoms with E-state index in [1.807, 2.05) is 20.8 Å². The number of halogens is 2. The van der Waals surface area contributed by atoms with Gasteiger partial charge in [-0.05, 0) is 60.4 Å². The fraction of sp³-hybridized carbons (Fsp3) is 0.310. The number of hydrogen-bond donors (Lipinski definition) is 1. The zero-order valence-electron chi connectivity index (χ0n) is 22.2. The topological polar surface area (TPSA) is 86.8 Å². The summed E-state index contributed by atoms with van der Waals surface area (Å²) in [6, 6.07) is 20.4. The molecule has 0 aliphatic heterocycles. The maximum absolute atomic E-state index is 14.0. The molecule has 0 aliphatic carbocycles. The molecule has 39 heavy (non-hydrogen) atoms. The molecular weight excluding hydrogens is 557 g/mol. The van der Waals surface area contributed by atoms with Gasteiger partial charge in [0.25, 0.3) is 10.0 Å². The van der Waals surface area contributed by atoms with E-state index in [0.29, 0.717) is 34.3 Å². The van der Waals surface area contributed by atoms with E-state index in [2.05, 4.69) is 5.32 Å². The average Bonchev–Trinajstić information content (AvgIpc) is 2.92. The summed E-state index contributed by atoms with van der Waals surface area (Å²) in [6.45, 7) is 5.74. The molecule has 0 saturated carbocycles. The molecule has 1 atom stereocenters. The molecule has 7 nitrogen and oxygen atoms in total. The maximum atomic E-state index is 14.0. The van der Waals surface area contributed by atoms with Crippen LogP contribution in [0.3, 0.4) is 0 Å². The Morgan fingerprint density at radius 3 is 2.10 bits per heavy atom. The minimum absolute atomic E-state index is 0.0112. The summed E-state index contributed by atoms with van der Waals surface area (Å²) in [7, 11) is -4.15. The Kier molecular flexibility index (Phi) is 10.8. The van der Waals surface area contributed by atoms with Gasteiger partial charge in [-0.25, -0.2) is 8.42 Å². The Hall–Kier alpha value is -3.07. The number of carbonyl (C=O) groups excluding carboxylic acids is 2. The standard InChI is InChI=1S/C29H33Cl2N3O4S/c1-4-27(29(36)32-18-21(2)3)33(19-22-10-8-9-13-26(22)31)28(35)20-34(24-11-6-5-7-12-24)39(37,38)25-16-14-23(30)15-17-25/h5-17,21,27H,4,18-20H2,1-3H3,(H,32,36)/t27-/m1/s1. The Balaban J connectivity index is 2.03. The summed E-state index contributed by atoms with van der Waals surface area (Å²) in [5.41, 5.74) is 0.963. The number of rotatable bonds is 12. The van der Waals surface area contributed by atoms with E-state index in [9.17, 15) is 18.0 Å². The molecule has 2 amide bonds. The third-order valence-electron chi connectivity index (χ3n) is 6.09. The first-order chi connectivity index (χ1) is 18.5. The van der Waals surface area contributed by atoms with Crippen LogP contribution in [0.2, 0.25) is 10.0 Å². The van der Waals surface area contributed by atoms with E-state index in [4.69, 9.17) is 23.2 Å². The number of benzene rings is 3. The fourth-order valence-corrected chi connectivity index (χ4v) is 5.74. The molecule has 208 valence electrons. The van der Waals surface area contributed by atoms with Crippen molar-refractivity contribution >= 4 is 50.7 Å². The molecule has 10 heteroatoms. The van der Waals surface area contributed by atoms with Gasteiger partial charge in [0.2, 0.25) is 11.8 Å². The van der Waals surface area contributed by atoms with Crippen LogP contribution in [0.5, 0.6) is 0 Å². The van der Waals surface area contributed by atoms with Gasteiger partial charge in [0.05, 0.1) is 10.6 Å². The van der Waals surface area contributed by atoms with Gasteiger partial charge < -0.3 is 10.2 Å². The molecule has 3 aromatic carbocycles. The van der Waals surface area contributed by atoms with Crippen LogP contribution in [-0.2, 0) is 26.2 Å². The van der Waals surface area contributed by atoms with Crippen LogP contribution in [0.1, 0.15) is 32.8 Å². The molecule has 0 aliphatic rings. The van der Waals surface area contributed by atoms with Crippen LogP contribution in [0.25, 0.3) is 0 Å². The molecule has 0 unspecified atom stereocenters. The summed E-state index contributed by atoms with van der Waals surface area (Å²) in [4.78, 5) is 28.6. The lowest BCUT2D eigenvalue weighted by molar-refractivity contribution is -0.140. The first-order valence-electron chi connectivity index (χ1n) is 12.7. The van der Waals surface area contributed by atoms with E-state index >= 15 is 0 Å². The molecular formula is C29H33Cl2N3O4S. The van der Waals surface area contributed by atoms with E-state index < -0.39 is 28.5 Å². The fourth-order valence-electron chi connectivity index (χ4n) is 4.01. The average molecular weight is 591 g/mol. The molecule has 0 aromatic heterocycles. The van der Waals surface area contributed by atoms with E-state index in [1.54, 1.807) is 54.6 Å². The molecule has 0 radical (unpaired) electrons. The first kappa shape index (κ1) is 30.5. The van der Waals surface area contributed by atoms with Crippen LogP contribution in [-0.4, -0.2) is 44.3 Å². The van der Waals surface area contributed by atoms with Crippen molar-refractivity contribution in [1.82, 2.24) is 10.2 Å². The van der Waals surface area contributed by atoms with Crippen molar-refractivity contribution in [3.63, 3.8) is 0 Å². The number of hydrogen-bond acceptors (Lipinski definition) is 4. The van der Waals surface area contributed by atoms with Crippen molar-refractivity contribution in [3.8, 4) is 0 Å². The summed E-state index contributed by atoms with van der Waals surface area (Å²) >= 11 is 12.4. The van der Waals surface area contributed by atoms with Crippen LogP contribution in [0.4, 0.5) is 5.69 Å². The molecule has 3 rings (SSSR count). The van der Waals surface area contributed by atoms with Gasteiger partial charge in [-0.1, -0.05) is 80.4 Å². The van der Waals surface area contributed by atoms with Gasteiger partial charge in [-0.15, -0.1) is 0 Å². The summed E-state index contributed by atoms with van der Waals surface area (Å²) < 4.78 is 28.6. The van der Waals surface area contributed by atoms with Crippen LogP contribution in [0, 0.1) is 5.92 Å². The maximum Gasteiger partial charge on any atom is 0.264 e. The second-order valence-electron chi connectivity index (χ2n) is 9.48. The van der Waals surface area contributed by atoms with Crippen LogP contribution >= 0.6 is 23.2 Å². The predicted octanol–water partition coefficient (Wildman–Crippen LogP) is 5.77. The number of anilines is 1. The van der Waals surface area contributed by atoms with Gasteiger partial charge >= 0.3 is 0 Å². The summed E-state index contributed by atoms with van der Waals surface area (Å²) in [5, 5.41) is 3.74. The largest absolute Gasteiger partial charge is 0.354 e. The smallest absolute Gasteiger partial charge is 0.264 e. The summed E-state index contributed by atoms with van der Waals surface area (Å²) in [5.74, 6) is -0.626. The highest BCUT2D eigenvalue weighted by atomic mass is 35.5. The quantitative estimate of drug-likeness (QED) is 0.290. The first-order valence-corrected chi connectivity index (χ1v) is 14.9. The number of para-hydroxylation sites is 1. The van der Waals surface area contributed by atoms with Crippen molar-refractivity contribution in [2.45, 2.75) is 44.7 Å². The third kappa shape index (κ3) is 7.97. The molecule has 3 aromatic rings. The van der Waals surface area contributed by atoms with Gasteiger partial charge in [0, 0.05) is 23.1 Å². The number of nitrogens with zero attached hydrogens (tertiary/aromatic N) is 2. The lowest BCUT2D eigenvalue weighted by Gasteiger charge is -2.33. The second kappa shape index (κ2) is 13.8. The predicted molar refractivity (Wildman–Crippen MR) is 156 cm³/mol. The lowest BCUT2D eigenvalue weighted by Crippen LogP contribution is -2.52. The van der Waals surface area contributed by atoms with Crippen LogP contribution < -0.4 is 9.62 Å². The van der Waals surface area contributed by atoms with Gasteiger partial charge in [-0.2, -0.15) is 0 Å². The normalized spacial score (nSPS) is 12.2. The Labute approximate surface area is 240 Å². The third-order valence-corrected chi connectivity index (χ3v) is 8.50. The molecule has 0 bridgehead atoms. The van der Waals surface area contributed by atoms with Crippen molar-refractivity contribution in [3.05, 3.63) is 94.5 Å². The Morgan fingerprint density at radius 2 is 1.51 bits per heavy atom. The molecule has 1 N–H and O–H groups in total. The van der Waals surface area contributed by atoms with Crippen molar-refractivity contribution < 1.29 is 18.0 Å². The molecule has 0 fully saturated rings. The van der Waals surface area contributed by atoms with E-state index in [0.717, 1.165) is 4.31 Å². The van der Waals surface area contributed by atoms with Crippen molar-refractivity contribution in [2.75, 3.05) is 17.4 Å². The zero-order valence-corrected chi connectivity index (χ0v) is 24.5. The SMILES string of the molecule is CC[C@H](C(=O)NCC(C)C)N(Cc1ccccc1Cl)C(=O)CN(c1ccccc1)S(=O)(=O)c1ccc(Cl)cc1. The highest BCUT2D eigenvalue weighted by Crippen LogP contribution is 2.26. The van der Waals surface area contributed by atoms with Gasteiger partial charge in [0.1, 0.15) is 12.6 Å². The minimum Gasteiger partial charge on any atom is -0.354 e. The second-order valence-corrected chi connectivity index (χ2v) is 12.2. The highest BCUT2D eigenvalue weighted by molar-refractivity contribution is 7.92. The summed E-state index contributed by atoms with van der Waals surface area (Å²) in [6.07, 6.45) is 0.329. The van der Waals surface area contributed by atoms with Crippen molar-refractivity contribution in [1.29, 1.82) is 0 Å². The van der Waals surface area contributed by atoms with Gasteiger partial charge in [-0.3, -0.25) is 13.9 Å². The van der Waals surface area contributed by atoms with E-state index in [1.165, 1.54) is 29.2 Å². The van der Waals surface area contributed by atoms with E-state index in [-0.39, 0.29) is 23.3 Å². The Morgan fingerprint density at radius 1 is 0.897 bits per heavy atom. The molecule has 0 saturated heterocycles. The number of nitrogens with one attached hydrogen (secondary N) is 1. The zero-order chi connectivity index (χ0) is 28.6. The van der Waals surface area contributed by atoms with Gasteiger partial charge in [0.15, 0.2) is 0 Å².